The van der Waals surface area contributed by atoms with Crippen molar-refractivity contribution in [3.8, 4) is 11.1 Å². The maximum absolute atomic E-state index is 15.8. The molecule has 17 nitrogen and oxygen atoms in total. The minimum atomic E-state index is -5.08. The topological polar surface area (TPSA) is 217 Å². The number of aliphatic carboxylic acids is 1. The zero-order chi connectivity index (χ0) is 52.8. The number of nitrogens with zero attached hydrogens (tertiary/aromatic N) is 5. The Labute approximate surface area is 418 Å². The zero-order valence-electron chi connectivity index (χ0n) is 40.3. The lowest BCUT2D eigenvalue weighted by Gasteiger charge is -2.41. The van der Waals surface area contributed by atoms with E-state index >= 15 is 8.78 Å². The Morgan fingerprint density at radius 2 is 1.60 bits per heavy atom. The Morgan fingerprint density at radius 3 is 2.23 bits per heavy atom. The van der Waals surface area contributed by atoms with E-state index in [1.807, 2.05) is 41.3 Å². The highest BCUT2D eigenvalue weighted by molar-refractivity contribution is 7.90. The third-order valence-corrected chi connectivity index (χ3v) is 15.0. The van der Waals surface area contributed by atoms with E-state index in [9.17, 15) is 40.8 Å². The number of fused-ring (bicyclic) bond motifs is 1. The Bertz CT molecular complexity index is 2960. The van der Waals surface area contributed by atoms with Crippen LogP contribution in [0.1, 0.15) is 78.9 Å². The number of benzene rings is 3. The SMILES string of the molecule is CCC(C(=O)N1CCN(Cc2ccccc2-c2cnc3[nH]cc(C(=O)c4c(F)ccc(NS(=O)(=O)N(C)CC)c4F)c3c2)CC1)N1CCC(c2ccc(NC3CCC(=O)NC3=O)cc2)CC1.O=C(O)C(F)(F)F. The fourth-order valence-corrected chi connectivity index (χ4v) is 10.2. The van der Waals surface area contributed by atoms with E-state index in [0.29, 0.717) is 68.1 Å². The quantitative estimate of drug-likeness (QED) is 0.0432. The summed E-state index contributed by atoms with van der Waals surface area (Å²) in [5, 5.41) is 13.1. The van der Waals surface area contributed by atoms with Crippen molar-refractivity contribution in [1.82, 2.24) is 34.3 Å². The summed E-state index contributed by atoms with van der Waals surface area (Å²) in [6.45, 7) is 8.58. The van der Waals surface area contributed by atoms with Gasteiger partial charge in [0, 0.05) is 87.3 Å². The molecule has 0 radical (unpaired) electrons. The molecule has 2 unspecified atom stereocenters. The van der Waals surface area contributed by atoms with E-state index in [0.717, 1.165) is 65.6 Å². The van der Waals surface area contributed by atoms with Gasteiger partial charge < -0.3 is 20.3 Å². The second kappa shape index (κ2) is 22.9. The number of ketones is 1. The first-order valence-electron chi connectivity index (χ1n) is 23.8. The maximum atomic E-state index is 15.8. The number of carboxylic acids is 1. The highest BCUT2D eigenvalue weighted by Crippen LogP contribution is 2.33. The number of amides is 3. The van der Waals surface area contributed by atoms with Crippen LogP contribution in [-0.4, -0.2) is 143 Å². The van der Waals surface area contributed by atoms with Gasteiger partial charge in [-0.3, -0.25) is 39.0 Å². The van der Waals surface area contributed by atoms with Gasteiger partial charge in [0.1, 0.15) is 17.5 Å². The molecule has 5 aromatic rings. The number of piperazine rings is 1. The van der Waals surface area contributed by atoms with Crippen molar-refractivity contribution in [3.63, 3.8) is 0 Å². The lowest BCUT2D eigenvalue weighted by molar-refractivity contribution is -0.192. The molecular weight excluding hydrogens is 982 g/mol. The number of anilines is 2. The number of hydrogen-bond donors (Lipinski definition) is 5. The Morgan fingerprint density at radius 1 is 0.932 bits per heavy atom. The summed E-state index contributed by atoms with van der Waals surface area (Å²) in [7, 11) is -2.85. The number of carbonyl (C=O) groups excluding carboxylic acids is 4. The van der Waals surface area contributed by atoms with Gasteiger partial charge in [0.25, 0.3) is 0 Å². The fourth-order valence-electron chi connectivity index (χ4n) is 9.23. The number of nitrogens with one attached hydrogen (secondary N) is 4. The minimum Gasteiger partial charge on any atom is -0.475 e. The molecule has 3 aliphatic rings. The molecule has 8 rings (SSSR count). The number of piperidine rings is 2. The minimum absolute atomic E-state index is 0.0243. The lowest BCUT2D eigenvalue weighted by atomic mass is 9.88. The lowest BCUT2D eigenvalue weighted by Crippen LogP contribution is -2.55. The number of aromatic nitrogens is 2. The van der Waals surface area contributed by atoms with Crippen LogP contribution < -0.4 is 15.4 Å². The predicted molar refractivity (Wildman–Crippen MR) is 262 cm³/mol. The molecule has 2 atom stereocenters. The number of alkyl halides is 3. The highest BCUT2D eigenvalue weighted by atomic mass is 32.2. The van der Waals surface area contributed by atoms with Gasteiger partial charge >= 0.3 is 22.4 Å². The van der Waals surface area contributed by atoms with Crippen molar-refractivity contribution in [3.05, 3.63) is 113 Å². The normalized spacial score (nSPS) is 17.7. The van der Waals surface area contributed by atoms with Crippen LogP contribution in [0.15, 0.2) is 79.1 Å². The number of carbonyl (C=O) groups is 5. The van der Waals surface area contributed by atoms with E-state index in [1.54, 1.807) is 19.2 Å². The van der Waals surface area contributed by atoms with Crippen LogP contribution in [-0.2, 0) is 35.9 Å². The molecule has 0 aliphatic carbocycles. The summed E-state index contributed by atoms with van der Waals surface area (Å²) in [6, 6.07) is 19.0. The number of carboxylic acid groups (broad SMARTS) is 1. The third-order valence-electron chi connectivity index (χ3n) is 13.4. The van der Waals surface area contributed by atoms with Crippen molar-refractivity contribution < 1.29 is 59.4 Å². The van der Waals surface area contributed by atoms with Gasteiger partial charge in [-0.1, -0.05) is 50.2 Å². The first-order valence-corrected chi connectivity index (χ1v) is 25.2. The maximum Gasteiger partial charge on any atom is 0.490 e. The van der Waals surface area contributed by atoms with Gasteiger partial charge in [-0.15, -0.1) is 0 Å². The van der Waals surface area contributed by atoms with Crippen LogP contribution in [0.4, 0.5) is 33.3 Å². The third kappa shape index (κ3) is 12.7. The van der Waals surface area contributed by atoms with E-state index in [1.165, 1.54) is 18.8 Å². The zero-order valence-corrected chi connectivity index (χ0v) is 41.1. The summed E-state index contributed by atoms with van der Waals surface area (Å²) < 4.78 is 91.0. The Hall–Kier alpha value is -6.82. The molecule has 23 heteroatoms. The summed E-state index contributed by atoms with van der Waals surface area (Å²) in [6.07, 6.45) is 1.33. The molecule has 73 heavy (non-hydrogen) atoms. The number of likely N-dealkylation sites (tertiary alicyclic amines) is 1. The smallest absolute Gasteiger partial charge is 0.475 e. The van der Waals surface area contributed by atoms with Gasteiger partial charge in [-0.2, -0.15) is 25.9 Å². The Kier molecular flexibility index (Phi) is 17.0. The molecule has 5 N–H and O–H groups in total. The fraction of sp³-hybridized carbons (Fsp3) is 0.400. The number of H-pyrrole nitrogens is 1. The van der Waals surface area contributed by atoms with Crippen molar-refractivity contribution >= 4 is 62.1 Å². The van der Waals surface area contributed by atoms with E-state index in [-0.39, 0.29) is 35.9 Å². The second-order valence-corrected chi connectivity index (χ2v) is 19.8. The van der Waals surface area contributed by atoms with E-state index < -0.39 is 57.1 Å². The van der Waals surface area contributed by atoms with Gasteiger partial charge in [0.15, 0.2) is 5.82 Å². The number of halogens is 5. The van der Waals surface area contributed by atoms with Crippen LogP contribution in [0.5, 0.6) is 0 Å². The van der Waals surface area contributed by atoms with Gasteiger partial charge in [-0.25, -0.2) is 18.6 Å². The molecule has 0 bridgehead atoms. The largest absolute Gasteiger partial charge is 0.490 e. The molecular formula is C50H56F5N9O8S. The van der Waals surface area contributed by atoms with Gasteiger partial charge in [0.05, 0.1) is 17.3 Å². The summed E-state index contributed by atoms with van der Waals surface area (Å²) in [5.41, 5.74) is 3.51. The highest BCUT2D eigenvalue weighted by Gasteiger charge is 2.38. The molecule has 3 saturated heterocycles. The van der Waals surface area contributed by atoms with Crippen molar-refractivity contribution in [2.75, 3.05) is 62.9 Å². The van der Waals surface area contributed by atoms with Crippen LogP contribution in [0, 0.1) is 11.6 Å². The molecule has 0 spiro atoms. The van der Waals surface area contributed by atoms with Gasteiger partial charge in [0.2, 0.25) is 23.5 Å². The predicted octanol–water partition coefficient (Wildman–Crippen LogP) is 6.50. The number of imide groups is 1. The first kappa shape index (κ1) is 54.0. The van der Waals surface area contributed by atoms with Crippen molar-refractivity contribution in [2.24, 2.45) is 0 Å². The molecule has 3 aromatic carbocycles. The van der Waals surface area contributed by atoms with Crippen LogP contribution in [0.25, 0.3) is 22.2 Å². The molecule has 3 fully saturated rings. The summed E-state index contributed by atoms with van der Waals surface area (Å²) in [5.74, 6) is -6.19. The number of aromatic amines is 1. The number of hydrogen-bond acceptors (Lipinski definition) is 11. The monoisotopic (exact) mass is 1040 g/mol. The standard InChI is InChI=1S/C48H55F2N9O6S.C2HF3O2/c1-4-41(58-20-18-31(19-21-58)30-10-12-34(13-11-30)53-40-16-17-42(60)54-47(40)62)48(63)59-24-22-57(23-25-59)29-32-8-6-7-9-35(32)33-26-36-37(28-52-46(36)51-27-33)45(61)43-38(49)14-15-39(44(43)50)55-66(64,65)56(3)5-2;3-2(4,5)1(6)7/h6-15,26-28,31,40-41,53,55H,4-5,16-25,29H2,1-3H3,(H,51,52)(H,54,60,62);(H,6,7). The first-order chi connectivity index (χ1) is 34.7. The molecule has 0 saturated carbocycles. The van der Waals surface area contributed by atoms with Crippen LogP contribution in [0.2, 0.25) is 0 Å². The van der Waals surface area contributed by atoms with Crippen molar-refractivity contribution in [2.45, 2.75) is 76.7 Å². The molecule has 3 aliphatic heterocycles. The average molecular weight is 1040 g/mol. The van der Waals surface area contributed by atoms with Crippen LogP contribution >= 0.6 is 0 Å². The second-order valence-electron chi connectivity index (χ2n) is 18.0. The van der Waals surface area contributed by atoms with Gasteiger partial charge in [-0.05, 0) is 91.7 Å². The van der Waals surface area contributed by atoms with Crippen molar-refractivity contribution in [1.29, 1.82) is 0 Å². The van der Waals surface area contributed by atoms with E-state index in [2.05, 4.69) is 54.2 Å². The number of pyridine rings is 1. The molecule has 2 aromatic heterocycles. The number of rotatable bonds is 15. The molecule has 5 heterocycles. The summed E-state index contributed by atoms with van der Waals surface area (Å²) in [4.78, 5) is 74.6. The average Bonchev–Trinajstić information content (AvgIpc) is 3.80. The summed E-state index contributed by atoms with van der Waals surface area (Å²) >= 11 is 0. The Balaban J connectivity index is 0.00000104. The van der Waals surface area contributed by atoms with Crippen LogP contribution in [0.3, 0.4) is 0 Å². The van der Waals surface area contributed by atoms with E-state index in [4.69, 9.17) is 9.90 Å². The molecule has 390 valence electrons. The molecule has 3 amide bonds.